The minimum absolute atomic E-state index is 0.133. The standard InChI is InChI=1S/C34H44N8O6S/c1-39(2)10-11-42(7)14-17-8-9-21(49-17)18-12-20(40(3)4)19-13-32(37)15-34(38)28(41(5)6)27(45)23(31(36)48)29(46)33(34,16-35)30(47)24(32)26(44)22(19)25(18)43/h8-9,12,23-24,28,43H,10-11,13-15,37-38H2,1-7H3,(H2,36,48)/t23?,24?,28-,32-,33+,34-/m1/s1. The van der Waals surface area contributed by atoms with E-state index in [9.17, 15) is 34.3 Å². The van der Waals surface area contributed by atoms with Crippen molar-refractivity contribution in [1.29, 1.82) is 5.26 Å². The van der Waals surface area contributed by atoms with Crippen molar-refractivity contribution in [3.63, 3.8) is 0 Å². The first kappa shape index (κ1) is 36.2. The Balaban J connectivity index is 1.66. The number of likely N-dealkylation sites (N-methyl/N-ethyl adjacent to an activating group) is 3. The molecular formula is C34H44N8O6S. The lowest BCUT2D eigenvalue weighted by Crippen LogP contribution is -2.85. The molecule has 3 aliphatic carbocycles. The second-order valence-electron chi connectivity index (χ2n) is 14.5. The number of phenolic OH excluding ortho intramolecular Hbond substituents is 1. The minimum Gasteiger partial charge on any atom is -0.506 e. The molecule has 14 nitrogen and oxygen atoms in total. The monoisotopic (exact) mass is 692 g/mol. The number of Topliss-reactive ketones (excluding diaryl/α,β-unsaturated/α-hetero) is 4. The topological polar surface area (TPSA) is 220 Å². The van der Waals surface area contributed by atoms with Crippen LogP contribution < -0.4 is 22.1 Å². The van der Waals surface area contributed by atoms with Gasteiger partial charge in [0.1, 0.15) is 11.7 Å². The molecule has 1 amide bonds. The highest BCUT2D eigenvalue weighted by atomic mass is 32.1. The molecule has 15 heteroatoms. The third kappa shape index (κ3) is 5.29. The van der Waals surface area contributed by atoms with Crippen LogP contribution in [0.25, 0.3) is 10.4 Å². The summed E-state index contributed by atoms with van der Waals surface area (Å²) >= 11 is 1.46. The van der Waals surface area contributed by atoms with Crippen LogP contribution in [0.4, 0.5) is 5.69 Å². The number of hydrogen-bond acceptors (Lipinski definition) is 14. The third-order valence-electron chi connectivity index (χ3n) is 10.3. The zero-order valence-electron chi connectivity index (χ0n) is 28.9. The van der Waals surface area contributed by atoms with Crippen LogP contribution in [0.1, 0.15) is 27.2 Å². The van der Waals surface area contributed by atoms with Crippen LogP contribution in [-0.2, 0) is 32.1 Å². The fraction of sp³-hybridized carbons (Fsp3) is 0.529. The molecule has 0 spiro atoms. The Bertz CT molecular complexity index is 1820. The average molecular weight is 693 g/mol. The minimum atomic E-state index is -2.80. The summed E-state index contributed by atoms with van der Waals surface area (Å²) in [5.41, 5.74) is 13.8. The molecule has 7 N–H and O–H groups in total. The molecule has 49 heavy (non-hydrogen) atoms. The molecule has 5 rings (SSSR count). The summed E-state index contributed by atoms with van der Waals surface area (Å²) < 4.78 is 0. The van der Waals surface area contributed by atoms with Gasteiger partial charge in [0.05, 0.1) is 23.2 Å². The summed E-state index contributed by atoms with van der Waals surface area (Å²) in [5.74, 6) is -9.95. The first-order valence-electron chi connectivity index (χ1n) is 15.9. The number of benzene rings is 1. The van der Waals surface area contributed by atoms with Crippen molar-refractivity contribution in [1.82, 2.24) is 14.7 Å². The van der Waals surface area contributed by atoms with Crippen molar-refractivity contribution in [2.45, 2.75) is 36.5 Å². The normalized spacial score (nSPS) is 29.6. The zero-order valence-corrected chi connectivity index (χ0v) is 29.7. The molecule has 1 aromatic heterocycles. The summed E-state index contributed by atoms with van der Waals surface area (Å²) in [6.07, 6.45) is -0.605. The first-order chi connectivity index (χ1) is 22.8. The van der Waals surface area contributed by atoms with Gasteiger partial charge < -0.3 is 37.0 Å². The highest BCUT2D eigenvalue weighted by Gasteiger charge is 2.78. The van der Waals surface area contributed by atoms with E-state index in [1.165, 1.54) is 30.3 Å². The molecule has 0 aliphatic heterocycles. The Morgan fingerprint density at radius 1 is 1.04 bits per heavy atom. The number of ketones is 4. The number of nitrogens with two attached hydrogens (primary N) is 3. The Hall–Kier alpha value is -4.04. The van der Waals surface area contributed by atoms with Gasteiger partial charge in [-0.3, -0.25) is 28.9 Å². The van der Waals surface area contributed by atoms with Crippen LogP contribution in [0, 0.1) is 28.6 Å². The number of nitriles is 1. The van der Waals surface area contributed by atoms with Crippen molar-refractivity contribution in [3.8, 4) is 22.3 Å². The maximum atomic E-state index is 14.7. The van der Waals surface area contributed by atoms with E-state index in [-0.39, 0.29) is 17.7 Å². The number of carbonyl (C=O) groups excluding carboxylic acids is 5. The van der Waals surface area contributed by atoms with E-state index in [0.29, 0.717) is 28.2 Å². The fourth-order valence-corrected chi connectivity index (χ4v) is 9.27. The Morgan fingerprint density at radius 2 is 1.69 bits per heavy atom. The Kier molecular flexibility index (Phi) is 9.16. The number of carbonyl (C=O) groups is 5. The van der Waals surface area contributed by atoms with Crippen molar-refractivity contribution in [3.05, 3.63) is 34.2 Å². The second kappa shape index (κ2) is 12.4. The number of primary amides is 1. The second-order valence-corrected chi connectivity index (χ2v) is 15.6. The number of phenols is 1. The lowest BCUT2D eigenvalue weighted by atomic mass is 9.42. The number of thiophene rings is 1. The van der Waals surface area contributed by atoms with Gasteiger partial charge >= 0.3 is 0 Å². The predicted octanol–water partition coefficient (Wildman–Crippen LogP) is -0.404. The van der Waals surface area contributed by atoms with Crippen molar-refractivity contribution in [2.24, 2.45) is 34.5 Å². The average Bonchev–Trinajstić information content (AvgIpc) is 3.42. The van der Waals surface area contributed by atoms with Gasteiger partial charge in [-0.1, -0.05) is 0 Å². The molecule has 1 aromatic carbocycles. The van der Waals surface area contributed by atoms with Gasteiger partial charge in [-0.15, -0.1) is 11.3 Å². The van der Waals surface area contributed by atoms with E-state index >= 15 is 0 Å². The summed E-state index contributed by atoms with van der Waals surface area (Å²) in [6.45, 7) is 2.40. The molecule has 0 saturated heterocycles. The molecule has 2 saturated carbocycles. The van der Waals surface area contributed by atoms with Crippen molar-refractivity contribution in [2.75, 3.05) is 67.3 Å². The molecule has 2 unspecified atom stereocenters. The van der Waals surface area contributed by atoms with Crippen LogP contribution in [0.15, 0.2) is 18.2 Å². The van der Waals surface area contributed by atoms with E-state index < -0.39 is 69.8 Å². The summed E-state index contributed by atoms with van der Waals surface area (Å²) in [4.78, 5) is 78.6. The lowest BCUT2D eigenvalue weighted by molar-refractivity contribution is -0.166. The van der Waals surface area contributed by atoms with Crippen LogP contribution in [0.3, 0.4) is 0 Å². The van der Waals surface area contributed by atoms with Gasteiger partial charge in [0.2, 0.25) is 5.91 Å². The van der Waals surface area contributed by atoms with E-state index in [2.05, 4.69) is 9.80 Å². The van der Waals surface area contributed by atoms with Crippen LogP contribution in [0.2, 0.25) is 0 Å². The van der Waals surface area contributed by atoms with Gasteiger partial charge in [0.25, 0.3) is 0 Å². The molecule has 2 aromatic rings. The molecule has 3 aliphatic rings. The summed E-state index contributed by atoms with van der Waals surface area (Å²) in [7, 11) is 12.5. The number of anilines is 1. The number of hydrogen-bond donors (Lipinski definition) is 4. The zero-order chi connectivity index (χ0) is 36.5. The third-order valence-corrected chi connectivity index (χ3v) is 11.4. The van der Waals surface area contributed by atoms with Gasteiger partial charge in [0, 0.05) is 60.3 Å². The Morgan fingerprint density at radius 3 is 2.24 bits per heavy atom. The molecule has 6 atom stereocenters. The van der Waals surface area contributed by atoms with E-state index in [1.54, 1.807) is 31.1 Å². The van der Waals surface area contributed by atoms with E-state index in [4.69, 9.17) is 17.2 Å². The molecule has 0 bridgehead atoms. The number of aromatic hydroxyl groups is 1. The van der Waals surface area contributed by atoms with Crippen molar-refractivity contribution >= 4 is 46.1 Å². The quantitative estimate of drug-likeness (QED) is 0.246. The highest BCUT2D eigenvalue weighted by molar-refractivity contribution is 7.15. The van der Waals surface area contributed by atoms with E-state index in [0.717, 1.165) is 18.0 Å². The first-order valence-corrected chi connectivity index (χ1v) is 16.7. The van der Waals surface area contributed by atoms with Crippen LogP contribution >= 0.6 is 11.3 Å². The smallest absolute Gasteiger partial charge is 0.235 e. The number of nitrogens with zero attached hydrogens (tertiary/aromatic N) is 5. The molecule has 0 radical (unpaired) electrons. The number of rotatable bonds is 9. The van der Waals surface area contributed by atoms with Crippen LogP contribution in [-0.4, -0.2) is 128 Å². The predicted molar refractivity (Wildman–Crippen MR) is 184 cm³/mol. The lowest BCUT2D eigenvalue weighted by Gasteiger charge is -2.60. The van der Waals surface area contributed by atoms with Crippen LogP contribution in [0.5, 0.6) is 5.75 Å². The molecular weight excluding hydrogens is 648 g/mol. The van der Waals surface area contributed by atoms with Gasteiger partial charge in [0.15, 0.2) is 34.5 Å². The van der Waals surface area contributed by atoms with Gasteiger partial charge in [-0.25, -0.2) is 0 Å². The van der Waals surface area contributed by atoms with Gasteiger partial charge in [-0.2, -0.15) is 5.26 Å². The highest BCUT2D eigenvalue weighted by Crippen LogP contribution is 2.57. The molecule has 1 heterocycles. The largest absolute Gasteiger partial charge is 0.506 e. The maximum absolute atomic E-state index is 14.7. The Labute approximate surface area is 289 Å². The SMILES string of the molecule is CN(C)CCN(C)Cc1ccc(-c2cc(N(C)C)c3c(c2O)C(=O)C2C(=O)[C@]4(C#N)C(=O)C(C(N)=O)C(=O)[C@@H](N(C)C)[C@]4(N)C[C@]2(N)C3)s1. The molecule has 262 valence electrons. The summed E-state index contributed by atoms with van der Waals surface area (Å²) in [6, 6.07) is 5.88. The van der Waals surface area contributed by atoms with Gasteiger partial charge in [-0.05, 0) is 71.8 Å². The summed E-state index contributed by atoms with van der Waals surface area (Å²) in [5, 5.41) is 22.5. The van der Waals surface area contributed by atoms with E-state index in [1.807, 2.05) is 33.3 Å². The molecule has 2 fully saturated rings. The number of amides is 1. The maximum Gasteiger partial charge on any atom is 0.235 e. The fourth-order valence-electron chi connectivity index (χ4n) is 8.17. The van der Waals surface area contributed by atoms with Crippen molar-refractivity contribution < 1.29 is 29.1 Å². The number of fused-ring (bicyclic) bond motifs is 3.